The van der Waals surface area contributed by atoms with Crippen molar-refractivity contribution < 1.29 is 9.31 Å². The van der Waals surface area contributed by atoms with Crippen molar-refractivity contribution in [3.05, 3.63) is 12.4 Å². The molecule has 0 atom stereocenters. The zero-order chi connectivity index (χ0) is 11.4. The first-order valence-corrected chi connectivity index (χ1v) is 5.28. The second-order valence-electron chi connectivity index (χ2n) is 4.15. The topological polar surface area (TPSA) is 36.3 Å². The third-order valence-electron chi connectivity index (χ3n) is 1.79. The number of hydrogen-bond acceptors (Lipinski definition) is 3. The van der Waals surface area contributed by atoms with Crippen LogP contribution in [-0.2, 0) is 16.4 Å². The number of rotatable bonds is 5. The molecule has 0 N–H and O–H groups in total. The van der Waals surface area contributed by atoms with Gasteiger partial charge in [-0.15, -0.1) is 0 Å². The monoisotopic (exact) mass is 210 g/mol. The molecule has 1 aromatic rings. The molecule has 0 saturated heterocycles. The Balaban J connectivity index is 2.71. The Kier molecular flexibility index (Phi) is 4.35. The second-order valence-corrected chi connectivity index (χ2v) is 4.15. The SMILES string of the molecule is CC(C)OB(OC(C)C)c1cnn(C)c1. The Morgan fingerprint density at radius 1 is 1.20 bits per heavy atom. The molecule has 1 heterocycles. The van der Waals surface area contributed by atoms with Gasteiger partial charge >= 0.3 is 7.12 Å². The van der Waals surface area contributed by atoms with E-state index in [2.05, 4.69) is 5.10 Å². The minimum Gasteiger partial charge on any atom is -0.405 e. The van der Waals surface area contributed by atoms with E-state index in [1.54, 1.807) is 10.9 Å². The molecule has 0 amide bonds. The maximum atomic E-state index is 5.68. The summed E-state index contributed by atoms with van der Waals surface area (Å²) in [5.41, 5.74) is 0.958. The molecule has 0 radical (unpaired) electrons. The third kappa shape index (κ3) is 4.05. The van der Waals surface area contributed by atoms with Crippen LogP contribution in [0.15, 0.2) is 12.4 Å². The largest absolute Gasteiger partial charge is 0.497 e. The molecule has 0 fully saturated rings. The van der Waals surface area contributed by atoms with Crippen molar-refractivity contribution in [2.45, 2.75) is 39.9 Å². The van der Waals surface area contributed by atoms with Crippen molar-refractivity contribution in [3.8, 4) is 0 Å². The predicted octanol–water partition coefficient (Wildman–Crippen LogP) is 0.965. The molecular formula is C10H19BN2O2. The molecule has 0 spiro atoms. The van der Waals surface area contributed by atoms with E-state index in [1.807, 2.05) is 40.9 Å². The molecule has 0 aliphatic carbocycles. The Labute approximate surface area is 91.7 Å². The van der Waals surface area contributed by atoms with Gasteiger partial charge in [0, 0.05) is 37.1 Å². The Hall–Kier alpha value is -0.805. The van der Waals surface area contributed by atoms with E-state index in [-0.39, 0.29) is 19.3 Å². The Morgan fingerprint density at radius 3 is 2.07 bits per heavy atom. The highest BCUT2D eigenvalue weighted by Gasteiger charge is 2.25. The Bertz CT molecular complexity index is 289. The summed E-state index contributed by atoms with van der Waals surface area (Å²) in [6.07, 6.45) is 3.95. The van der Waals surface area contributed by atoms with E-state index >= 15 is 0 Å². The number of nitrogens with zero attached hydrogens (tertiary/aromatic N) is 2. The lowest BCUT2D eigenvalue weighted by atomic mass is 9.80. The molecule has 0 unspecified atom stereocenters. The fraction of sp³-hybridized carbons (Fsp3) is 0.700. The highest BCUT2D eigenvalue weighted by Crippen LogP contribution is 2.00. The van der Waals surface area contributed by atoms with Gasteiger partial charge in [0.05, 0.1) is 0 Å². The van der Waals surface area contributed by atoms with Crippen LogP contribution in [0.2, 0.25) is 0 Å². The van der Waals surface area contributed by atoms with E-state index < -0.39 is 0 Å². The van der Waals surface area contributed by atoms with Crippen molar-refractivity contribution in [3.63, 3.8) is 0 Å². The second kappa shape index (κ2) is 5.33. The van der Waals surface area contributed by atoms with Crippen LogP contribution in [0.3, 0.4) is 0 Å². The van der Waals surface area contributed by atoms with E-state index in [4.69, 9.17) is 9.31 Å². The standard InChI is InChI=1S/C10H19BN2O2/c1-8(2)14-11(15-9(3)4)10-6-12-13(5)7-10/h6-9H,1-5H3. The lowest BCUT2D eigenvalue weighted by Crippen LogP contribution is -2.40. The van der Waals surface area contributed by atoms with Gasteiger partial charge in [-0.1, -0.05) is 0 Å². The van der Waals surface area contributed by atoms with Gasteiger partial charge in [-0.3, -0.25) is 4.68 Å². The zero-order valence-electron chi connectivity index (χ0n) is 10.1. The van der Waals surface area contributed by atoms with Crippen LogP contribution in [0.1, 0.15) is 27.7 Å². The van der Waals surface area contributed by atoms with Crippen LogP contribution < -0.4 is 5.46 Å². The minimum absolute atomic E-state index is 0.133. The van der Waals surface area contributed by atoms with Crippen molar-refractivity contribution in [1.82, 2.24) is 9.78 Å². The molecule has 0 aliphatic heterocycles. The molecule has 0 bridgehead atoms. The summed E-state index contributed by atoms with van der Waals surface area (Å²) >= 11 is 0. The summed E-state index contributed by atoms with van der Waals surface area (Å²) in [7, 11) is 1.56. The third-order valence-corrected chi connectivity index (χ3v) is 1.79. The molecular weight excluding hydrogens is 191 g/mol. The normalized spacial score (nSPS) is 11.4. The molecule has 1 aromatic heterocycles. The van der Waals surface area contributed by atoms with Gasteiger partial charge in [0.15, 0.2) is 0 Å². The number of hydrogen-bond donors (Lipinski definition) is 0. The molecule has 0 aromatic carbocycles. The van der Waals surface area contributed by atoms with Gasteiger partial charge in [-0.25, -0.2) is 0 Å². The van der Waals surface area contributed by atoms with Crippen molar-refractivity contribution >= 4 is 12.6 Å². The lowest BCUT2D eigenvalue weighted by molar-refractivity contribution is 0.139. The fourth-order valence-electron chi connectivity index (χ4n) is 1.25. The van der Waals surface area contributed by atoms with Crippen molar-refractivity contribution in [2.75, 3.05) is 0 Å². The first-order chi connectivity index (χ1) is 6.99. The van der Waals surface area contributed by atoms with Crippen LogP contribution in [0.5, 0.6) is 0 Å². The molecule has 0 saturated carbocycles. The summed E-state index contributed by atoms with van der Waals surface area (Å²) in [6.45, 7) is 7.97. The lowest BCUT2D eigenvalue weighted by Gasteiger charge is -2.18. The molecule has 0 aliphatic rings. The molecule has 84 valence electrons. The smallest absolute Gasteiger partial charge is 0.405 e. The summed E-state index contributed by atoms with van der Waals surface area (Å²) in [5, 5.41) is 4.11. The van der Waals surface area contributed by atoms with Crippen LogP contribution in [0, 0.1) is 0 Å². The average Bonchev–Trinajstić information content (AvgIpc) is 2.48. The molecule has 4 nitrogen and oxygen atoms in total. The maximum Gasteiger partial charge on any atom is 0.497 e. The number of aromatic nitrogens is 2. The fourth-order valence-corrected chi connectivity index (χ4v) is 1.25. The first-order valence-electron chi connectivity index (χ1n) is 5.28. The molecule has 5 heteroatoms. The van der Waals surface area contributed by atoms with Crippen LogP contribution in [0.4, 0.5) is 0 Å². The summed E-state index contributed by atoms with van der Waals surface area (Å²) in [6, 6.07) is 0. The van der Waals surface area contributed by atoms with Gasteiger partial charge in [-0.2, -0.15) is 5.10 Å². The van der Waals surface area contributed by atoms with Gasteiger partial charge in [0.25, 0.3) is 0 Å². The van der Waals surface area contributed by atoms with Gasteiger partial charge < -0.3 is 9.31 Å². The van der Waals surface area contributed by atoms with Crippen molar-refractivity contribution in [2.24, 2.45) is 7.05 Å². The predicted molar refractivity (Wildman–Crippen MR) is 61.0 cm³/mol. The highest BCUT2D eigenvalue weighted by molar-refractivity contribution is 6.61. The molecule has 15 heavy (non-hydrogen) atoms. The van der Waals surface area contributed by atoms with E-state index in [0.29, 0.717) is 0 Å². The van der Waals surface area contributed by atoms with Gasteiger partial charge in [0.1, 0.15) is 0 Å². The summed E-state index contributed by atoms with van der Waals surface area (Å²) in [4.78, 5) is 0. The van der Waals surface area contributed by atoms with Crippen molar-refractivity contribution in [1.29, 1.82) is 0 Å². The van der Waals surface area contributed by atoms with Gasteiger partial charge in [-0.05, 0) is 27.7 Å². The van der Waals surface area contributed by atoms with E-state index in [1.165, 1.54) is 0 Å². The number of aryl methyl sites for hydroxylation is 1. The average molecular weight is 210 g/mol. The quantitative estimate of drug-likeness (QED) is 0.679. The Morgan fingerprint density at radius 2 is 1.73 bits per heavy atom. The minimum atomic E-state index is -0.321. The summed E-state index contributed by atoms with van der Waals surface area (Å²) in [5.74, 6) is 0. The van der Waals surface area contributed by atoms with E-state index in [9.17, 15) is 0 Å². The summed E-state index contributed by atoms with van der Waals surface area (Å²) < 4.78 is 13.1. The first kappa shape index (κ1) is 12.3. The van der Waals surface area contributed by atoms with Crippen LogP contribution >= 0.6 is 0 Å². The molecule has 1 rings (SSSR count). The van der Waals surface area contributed by atoms with Crippen LogP contribution in [-0.4, -0.2) is 29.1 Å². The van der Waals surface area contributed by atoms with Gasteiger partial charge in [0.2, 0.25) is 0 Å². The highest BCUT2D eigenvalue weighted by atomic mass is 16.6. The van der Waals surface area contributed by atoms with E-state index in [0.717, 1.165) is 5.46 Å². The zero-order valence-corrected chi connectivity index (χ0v) is 10.1. The maximum absolute atomic E-state index is 5.68. The van der Waals surface area contributed by atoms with Crippen LogP contribution in [0.25, 0.3) is 0 Å².